The first kappa shape index (κ1) is 32.5. The molecule has 8 nitrogen and oxygen atoms in total. The van der Waals surface area contributed by atoms with E-state index in [9.17, 15) is 0 Å². The van der Waals surface area contributed by atoms with Gasteiger partial charge in [-0.1, -0.05) is 20.8 Å². The molecule has 0 spiro atoms. The highest BCUT2D eigenvalue weighted by Gasteiger charge is 2.42. The van der Waals surface area contributed by atoms with Crippen molar-refractivity contribution in [2.75, 3.05) is 34.8 Å². The third-order valence-electron chi connectivity index (χ3n) is 7.56. The first-order valence-corrected chi connectivity index (χ1v) is 15.2. The van der Waals surface area contributed by atoms with Crippen LogP contribution >= 0.6 is 0 Å². The van der Waals surface area contributed by atoms with E-state index >= 15 is 0 Å². The molecule has 3 rings (SSSR count). The molecule has 8 heteroatoms. The molecule has 0 unspecified atom stereocenters. The predicted octanol–water partition coefficient (Wildman–Crippen LogP) is 5.99. The summed E-state index contributed by atoms with van der Waals surface area (Å²) in [6, 6.07) is 0.727. The normalized spacial score (nSPS) is 22.2. The molecule has 0 radical (unpaired) electrons. The highest BCUT2D eigenvalue weighted by molar-refractivity contribution is 5.47. The van der Waals surface area contributed by atoms with Crippen LogP contribution in [0.1, 0.15) is 122 Å². The number of anilines is 3. The maximum Gasteiger partial charge on any atom is 0.232 e. The molecule has 220 valence electrons. The molecule has 0 aliphatic carbocycles. The molecule has 2 saturated heterocycles. The zero-order valence-corrected chi connectivity index (χ0v) is 27.0. The number of nitrogens with one attached hydrogen (secondary N) is 3. The number of rotatable bonds is 9. The van der Waals surface area contributed by atoms with Crippen LogP contribution in [0.25, 0.3) is 0 Å². The Morgan fingerprint density at radius 2 is 1.00 bits per heavy atom. The number of piperidine rings is 2. The van der Waals surface area contributed by atoms with E-state index in [1.165, 1.54) is 0 Å². The van der Waals surface area contributed by atoms with Gasteiger partial charge in [0.2, 0.25) is 17.8 Å². The Morgan fingerprint density at radius 1 is 0.658 bits per heavy atom. The van der Waals surface area contributed by atoms with Crippen molar-refractivity contribution in [2.45, 2.75) is 156 Å². The summed E-state index contributed by atoms with van der Waals surface area (Å²) in [5, 5.41) is 11.1. The van der Waals surface area contributed by atoms with Gasteiger partial charge < -0.3 is 25.8 Å². The maximum absolute atomic E-state index is 5.17. The van der Waals surface area contributed by atoms with Gasteiger partial charge in [0.15, 0.2) is 0 Å². The second kappa shape index (κ2) is 12.7. The van der Waals surface area contributed by atoms with Crippen LogP contribution in [-0.2, 0) is 0 Å². The van der Waals surface area contributed by atoms with Gasteiger partial charge in [0.05, 0.1) is 0 Å². The van der Waals surface area contributed by atoms with Gasteiger partial charge in [-0.3, -0.25) is 0 Å². The van der Waals surface area contributed by atoms with Gasteiger partial charge >= 0.3 is 0 Å². The lowest BCUT2D eigenvalue weighted by atomic mass is 9.79. The number of hydrogen-bond donors (Lipinski definition) is 3. The summed E-state index contributed by atoms with van der Waals surface area (Å²) >= 11 is 0. The van der Waals surface area contributed by atoms with E-state index in [-0.39, 0.29) is 22.2 Å². The van der Waals surface area contributed by atoms with E-state index in [0.717, 1.165) is 63.6 Å². The molecule has 2 aliphatic heterocycles. The second-order valence-electron chi connectivity index (χ2n) is 13.7. The highest BCUT2D eigenvalue weighted by Crippen LogP contribution is 2.35. The van der Waals surface area contributed by atoms with Gasteiger partial charge in [-0.2, -0.15) is 15.0 Å². The third-order valence-corrected chi connectivity index (χ3v) is 7.56. The van der Waals surface area contributed by atoms with Gasteiger partial charge in [-0.05, 0) is 101 Å². The van der Waals surface area contributed by atoms with Crippen LogP contribution in [0.5, 0.6) is 0 Å². The second-order valence-corrected chi connectivity index (χ2v) is 13.7. The van der Waals surface area contributed by atoms with Crippen molar-refractivity contribution in [1.29, 1.82) is 0 Å². The van der Waals surface area contributed by atoms with Crippen LogP contribution in [0.15, 0.2) is 0 Å². The zero-order valence-electron chi connectivity index (χ0n) is 27.0. The topological polar surface area (TPSA) is 81.2 Å². The molecule has 0 amide bonds. The summed E-state index contributed by atoms with van der Waals surface area (Å²) in [6.45, 7) is 31.7. The molecule has 3 N–H and O–H groups in total. The maximum atomic E-state index is 5.17. The molecule has 0 saturated carbocycles. The van der Waals surface area contributed by atoms with E-state index in [0.29, 0.717) is 18.0 Å². The lowest BCUT2D eigenvalue weighted by Gasteiger charge is -2.50. The van der Waals surface area contributed by atoms with Crippen LogP contribution in [0.2, 0.25) is 0 Å². The van der Waals surface area contributed by atoms with Crippen LogP contribution < -0.4 is 25.8 Å². The van der Waals surface area contributed by atoms with Gasteiger partial charge in [-0.15, -0.1) is 0 Å². The first-order valence-electron chi connectivity index (χ1n) is 15.2. The molecule has 38 heavy (non-hydrogen) atoms. The lowest BCUT2D eigenvalue weighted by Crippen LogP contribution is -2.62. The SMILES string of the molecule is CC.CCCNc1nc(N(CC)C2CC(C)(C)NC(C)(C)C2)nc(N(CC)C2CC(C)(C)NC(C)(C)C2)n1. The monoisotopic (exact) mass is 532 g/mol. The Morgan fingerprint density at radius 3 is 1.29 bits per heavy atom. The first-order chi connectivity index (χ1) is 17.6. The molecule has 2 aliphatic rings. The quantitative estimate of drug-likeness (QED) is 0.358. The van der Waals surface area contributed by atoms with E-state index in [1.807, 2.05) is 13.8 Å². The summed E-state index contributed by atoms with van der Waals surface area (Å²) in [6.07, 6.45) is 5.24. The fraction of sp³-hybridized carbons (Fsp3) is 0.900. The molecule has 1 aromatic rings. The minimum atomic E-state index is 0.0563. The van der Waals surface area contributed by atoms with Gasteiger partial charge in [-0.25, -0.2) is 0 Å². The minimum absolute atomic E-state index is 0.0563. The van der Waals surface area contributed by atoms with Gasteiger partial charge in [0.25, 0.3) is 0 Å². The van der Waals surface area contributed by atoms with Gasteiger partial charge in [0, 0.05) is 53.9 Å². The predicted molar refractivity (Wildman–Crippen MR) is 165 cm³/mol. The van der Waals surface area contributed by atoms with Crippen LogP contribution in [0, 0.1) is 0 Å². The van der Waals surface area contributed by atoms with Crippen molar-refractivity contribution in [3.8, 4) is 0 Å². The van der Waals surface area contributed by atoms with Crippen LogP contribution in [0.4, 0.5) is 17.8 Å². The van der Waals surface area contributed by atoms with Crippen LogP contribution in [-0.4, -0.2) is 68.8 Å². The number of nitrogens with zero attached hydrogens (tertiary/aromatic N) is 5. The summed E-state index contributed by atoms with van der Waals surface area (Å²) in [7, 11) is 0. The Hall–Kier alpha value is -1.67. The third kappa shape index (κ3) is 8.67. The molecule has 3 heterocycles. The number of hydrogen-bond acceptors (Lipinski definition) is 8. The summed E-state index contributed by atoms with van der Waals surface area (Å²) in [4.78, 5) is 19.9. The van der Waals surface area contributed by atoms with E-state index < -0.39 is 0 Å². The lowest BCUT2D eigenvalue weighted by molar-refractivity contribution is 0.158. The standard InChI is InChI=1S/C28H54N8.C2H6/c1-12-15-29-22-30-23(35(13-2)20-16-25(4,5)33-26(6,7)17-20)32-24(31-22)36(14-3)21-18-27(8,9)34-28(10,11)19-21;1-2/h20-21,33-34H,12-19H2,1-11H3,(H,29,30,31,32);1-2H3. The van der Waals surface area contributed by atoms with Crippen molar-refractivity contribution in [1.82, 2.24) is 25.6 Å². The van der Waals surface area contributed by atoms with Crippen molar-refractivity contribution < 1.29 is 0 Å². The van der Waals surface area contributed by atoms with Crippen molar-refractivity contribution >= 4 is 17.8 Å². The number of aromatic nitrogens is 3. The summed E-state index contributed by atoms with van der Waals surface area (Å²) in [5.74, 6) is 2.28. The molecule has 0 aromatic carbocycles. The summed E-state index contributed by atoms with van der Waals surface area (Å²) in [5.41, 5.74) is 0.225. The van der Waals surface area contributed by atoms with E-state index in [4.69, 9.17) is 15.0 Å². The van der Waals surface area contributed by atoms with Crippen molar-refractivity contribution in [3.63, 3.8) is 0 Å². The molecule has 2 fully saturated rings. The van der Waals surface area contributed by atoms with Gasteiger partial charge in [0.1, 0.15) is 0 Å². The average molecular weight is 533 g/mol. The fourth-order valence-electron chi connectivity index (χ4n) is 7.03. The molecular formula is C30H60N8. The Labute approximate surface area is 234 Å². The summed E-state index contributed by atoms with van der Waals surface area (Å²) < 4.78 is 0. The zero-order chi connectivity index (χ0) is 28.9. The van der Waals surface area contributed by atoms with E-state index in [1.54, 1.807) is 0 Å². The fourth-order valence-corrected chi connectivity index (χ4v) is 7.03. The molecule has 0 bridgehead atoms. The molecular weight excluding hydrogens is 472 g/mol. The Kier molecular flexibility index (Phi) is 10.8. The van der Waals surface area contributed by atoms with Crippen molar-refractivity contribution in [2.24, 2.45) is 0 Å². The van der Waals surface area contributed by atoms with Crippen LogP contribution in [0.3, 0.4) is 0 Å². The van der Waals surface area contributed by atoms with E-state index in [2.05, 4.69) is 102 Å². The largest absolute Gasteiger partial charge is 0.354 e. The molecule has 0 atom stereocenters. The Bertz CT molecular complexity index is 783. The van der Waals surface area contributed by atoms with Crippen molar-refractivity contribution in [3.05, 3.63) is 0 Å². The molecule has 1 aromatic heterocycles. The highest BCUT2D eigenvalue weighted by atomic mass is 15.4. The minimum Gasteiger partial charge on any atom is -0.354 e. The smallest absolute Gasteiger partial charge is 0.232 e. The average Bonchev–Trinajstić information content (AvgIpc) is 2.76. The Balaban J connectivity index is 0.00000247.